The summed E-state index contributed by atoms with van der Waals surface area (Å²) in [6, 6.07) is 7.50. The first kappa shape index (κ1) is 15.8. The minimum atomic E-state index is -0.157. The normalized spacial score (nSPS) is 19.4. The van der Waals surface area contributed by atoms with Gasteiger partial charge in [0.1, 0.15) is 5.82 Å². The highest BCUT2D eigenvalue weighted by molar-refractivity contribution is 7.99. The van der Waals surface area contributed by atoms with Gasteiger partial charge in [0.15, 0.2) is 0 Å². The van der Waals surface area contributed by atoms with Gasteiger partial charge in [0.05, 0.1) is 0 Å². The molecule has 1 heterocycles. The first-order valence-corrected chi connectivity index (χ1v) is 8.61. The van der Waals surface area contributed by atoms with Crippen molar-refractivity contribution in [1.82, 2.24) is 10.2 Å². The van der Waals surface area contributed by atoms with Crippen molar-refractivity contribution in [2.24, 2.45) is 0 Å². The number of nitrogens with one attached hydrogen (secondary N) is 1. The summed E-state index contributed by atoms with van der Waals surface area (Å²) >= 11 is 1.82. The zero-order valence-corrected chi connectivity index (χ0v) is 13.1. The van der Waals surface area contributed by atoms with Crippen LogP contribution in [-0.2, 0) is 0 Å². The second kappa shape index (κ2) is 8.65. The van der Waals surface area contributed by atoms with Crippen LogP contribution in [0.2, 0.25) is 0 Å². The molecule has 2 nitrogen and oxygen atoms in total. The van der Waals surface area contributed by atoms with Gasteiger partial charge in [-0.15, -0.1) is 11.8 Å². The molecule has 0 spiro atoms. The molecule has 2 rings (SSSR count). The summed E-state index contributed by atoms with van der Waals surface area (Å²) in [5.41, 5.74) is 0. The Kier molecular flexibility index (Phi) is 6.83. The number of hydrogen-bond acceptors (Lipinski definition) is 3. The van der Waals surface area contributed by atoms with Crippen molar-refractivity contribution in [2.45, 2.75) is 37.1 Å². The molecular formula is C16H25FN2S. The highest BCUT2D eigenvalue weighted by Crippen LogP contribution is 2.19. The molecule has 1 N–H and O–H groups in total. The molecule has 1 fully saturated rings. The maximum absolute atomic E-state index is 12.9. The van der Waals surface area contributed by atoms with Crippen molar-refractivity contribution in [3.05, 3.63) is 30.1 Å². The first-order valence-electron chi connectivity index (χ1n) is 7.62. The number of benzene rings is 1. The Morgan fingerprint density at radius 3 is 2.75 bits per heavy atom. The first-order chi connectivity index (χ1) is 9.79. The lowest BCUT2D eigenvalue weighted by atomic mass is 10.1. The van der Waals surface area contributed by atoms with Crippen molar-refractivity contribution in [1.29, 1.82) is 0 Å². The smallest absolute Gasteiger partial charge is 0.123 e. The number of nitrogens with zero attached hydrogens (tertiary/aromatic N) is 1. The molecule has 1 atom stereocenters. The molecule has 1 aromatic carbocycles. The molecule has 1 aliphatic heterocycles. The van der Waals surface area contributed by atoms with E-state index in [-0.39, 0.29) is 5.82 Å². The summed E-state index contributed by atoms with van der Waals surface area (Å²) in [5.74, 6) is 0.914. The van der Waals surface area contributed by atoms with E-state index in [1.807, 2.05) is 23.9 Å². The van der Waals surface area contributed by atoms with Crippen molar-refractivity contribution >= 4 is 11.8 Å². The predicted molar refractivity (Wildman–Crippen MR) is 84.9 cm³/mol. The van der Waals surface area contributed by atoms with Gasteiger partial charge in [-0.05, 0) is 56.6 Å². The van der Waals surface area contributed by atoms with Crippen LogP contribution in [0.5, 0.6) is 0 Å². The molecule has 1 unspecified atom stereocenters. The van der Waals surface area contributed by atoms with Crippen LogP contribution < -0.4 is 5.32 Å². The predicted octanol–water partition coefficient (Wildman–Crippen LogP) is 3.38. The van der Waals surface area contributed by atoms with Gasteiger partial charge in [-0.25, -0.2) is 4.39 Å². The number of piperidine rings is 1. The highest BCUT2D eigenvalue weighted by atomic mass is 32.2. The van der Waals surface area contributed by atoms with Crippen LogP contribution in [0.3, 0.4) is 0 Å². The summed E-state index contributed by atoms with van der Waals surface area (Å²) in [6.45, 7) is 6.83. The summed E-state index contributed by atoms with van der Waals surface area (Å²) in [4.78, 5) is 3.77. The van der Waals surface area contributed by atoms with E-state index >= 15 is 0 Å². The Hall–Kier alpha value is -0.580. The Bertz CT molecular complexity index is 377. The summed E-state index contributed by atoms with van der Waals surface area (Å²) in [6.07, 6.45) is 3.81. The molecule has 0 amide bonds. The molecule has 0 saturated carbocycles. The van der Waals surface area contributed by atoms with E-state index in [0.717, 1.165) is 23.7 Å². The van der Waals surface area contributed by atoms with Crippen LogP contribution in [0.1, 0.15) is 26.2 Å². The third-order valence-corrected chi connectivity index (χ3v) is 4.75. The monoisotopic (exact) mass is 296 g/mol. The fourth-order valence-electron chi connectivity index (χ4n) is 2.72. The Morgan fingerprint density at radius 1 is 1.30 bits per heavy atom. The minimum Gasteiger partial charge on any atom is -0.315 e. The quantitative estimate of drug-likeness (QED) is 0.777. The van der Waals surface area contributed by atoms with E-state index < -0.39 is 0 Å². The fourth-order valence-corrected chi connectivity index (χ4v) is 3.61. The van der Waals surface area contributed by atoms with Gasteiger partial charge in [-0.3, -0.25) is 4.90 Å². The maximum atomic E-state index is 12.9. The lowest BCUT2D eigenvalue weighted by Crippen LogP contribution is -2.47. The molecule has 112 valence electrons. The molecule has 20 heavy (non-hydrogen) atoms. The Labute approximate surface area is 126 Å². The summed E-state index contributed by atoms with van der Waals surface area (Å²) in [5, 5.41) is 3.50. The van der Waals surface area contributed by atoms with Gasteiger partial charge in [-0.2, -0.15) is 0 Å². The van der Waals surface area contributed by atoms with Gasteiger partial charge in [0.2, 0.25) is 0 Å². The molecule has 1 aliphatic rings. The Morgan fingerprint density at radius 2 is 2.10 bits per heavy atom. The van der Waals surface area contributed by atoms with Crippen molar-refractivity contribution in [2.75, 3.05) is 31.9 Å². The van der Waals surface area contributed by atoms with Crippen LogP contribution in [0, 0.1) is 5.82 Å². The summed E-state index contributed by atoms with van der Waals surface area (Å²) in [7, 11) is 0. The zero-order chi connectivity index (χ0) is 14.2. The van der Waals surface area contributed by atoms with Crippen molar-refractivity contribution in [3.8, 4) is 0 Å². The van der Waals surface area contributed by atoms with Gasteiger partial charge < -0.3 is 5.32 Å². The average Bonchev–Trinajstić information content (AvgIpc) is 2.49. The molecule has 0 bridgehead atoms. The zero-order valence-electron chi connectivity index (χ0n) is 12.3. The third kappa shape index (κ3) is 5.08. The molecule has 0 aliphatic carbocycles. The summed E-state index contributed by atoms with van der Waals surface area (Å²) < 4.78 is 12.9. The van der Waals surface area contributed by atoms with Gasteiger partial charge >= 0.3 is 0 Å². The lowest BCUT2D eigenvalue weighted by molar-refractivity contribution is 0.176. The van der Waals surface area contributed by atoms with E-state index in [1.165, 1.54) is 44.5 Å². The van der Waals surface area contributed by atoms with Crippen LogP contribution in [0.25, 0.3) is 0 Å². The number of rotatable bonds is 7. The van der Waals surface area contributed by atoms with Crippen molar-refractivity contribution in [3.63, 3.8) is 0 Å². The molecule has 1 aromatic rings. The van der Waals surface area contributed by atoms with Crippen LogP contribution in [0.4, 0.5) is 4.39 Å². The van der Waals surface area contributed by atoms with Gasteiger partial charge in [0.25, 0.3) is 0 Å². The van der Waals surface area contributed by atoms with Crippen LogP contribution >= 0.6 is 11.8 Å². The number of thioether (sulfide) groups is 1. The fraction of sp³-hybridized carbons (Fsp3) is 0.625. The van der Waals surface area contributed by atoms with Crippen LogP contribution in [-0.4, -0.2) is 42.9 Å². The van der Waals surface area contributed by atoms with E-state index in [2.05, 4.69) is 17.1 Å². The van der Waals surface area contributed by atoms with E-state index in [9.17, 15) is 4.39 Å². The molecule has 0 aromatic heterocycles. The van der Waals surface area contributed by atoms with Gasteiger partial charge in [0, 0.05) is 29.8 Å². The van der Waals surface area contributed by atoms with Gasteiger partial charge in [-0.1, -0.05) is 6.92 Å². The van der Waals surface area contributed by atoms with Crippen molar-refractivity contribution < 1.29 is 4.39 Å². The minimum absolute atomic E-state index is 0.157. The average molecular weight is 296 g/mol. The van der Waals surface area contributed by atoms with Crippen LogP contribution in [0.15, 0.2) is 29.2 Å². The standard InChI is InChI=1S/C16H25FN2S/c1-2-10-19(15-4-3-9-18-13-15)11-12-20-16-7-5-14(17)6-8-16/h5-8,15,18H,2-4,9-13H2,1H3. The molecule has 0 radical (unpaired) electrons. The largest absolute Gasteiger partial charge is 0.315 e. The number of halogens is 1. The lowest BCUT2D eigenvalue weighted by Gasteiger charge is -2.34. The second-order valence-corrected chi connectivity index (χ2v) is 6.51. The maximum Gasteiger partial charge on any atom is 0.123 e. The SMILES string of the molecule is CCCN(CCSc1ccc(F)cc1)C1CCCNC1. The highest BCUT2D eigenvalue weighted by Gasteiger charge is 2.19. The second-order valence-electron chi connectivity index (χ2n) is 5.34. The van der Waals surface area contributed by atoms with E-state index in [0.29, 0.717) is 6.04 Å². The van der Waals surface area contributed by atoms with E-state index in [1.54, 1.807) is 0 Å². The molecule has 1 saturated heterocycles. The molecule has 4 heteroatoms. The number of hydrogen-bond donors (Lipinski definition) is 1. The van der Waals surface area contributed by atoms with E-state index in [4.69, 9.17) is 0 Å². The Balaban J connectivity index is 1.77. The third-order valence-electron chi connectivity index (χ3n) is 3.76. The molecular weight excluding hydrogens is 271 g/mol. The topological polar surface area (TPSA) is 15.3 Å².